The van der Waals surface area contributed by atoms with Gasteiger partial charge in [0.05, 0.1) is 17.1 Å². The Hall–Kier alpha value is -3.03. The van der Waals surface area contributed by atoms with Gasteiger partial charge in [-0.2, -0.15) is 0 Å². The Balaban J connectivity index is 1.20. The van der Waals surface area contributed by atoms with Gasteiger partial charge in [0.2, 0.25) is 5.91 Å². The van der Waals surface area contributed by atoms with Crippen LogP contribution in [0.4, 0.5) is 5.82 Å². The van der Waals surface area contributed by atoms with E-state index < -0.39 is 0 Å². The highest BCUT2D eigenvalue weighted by atomic mass is 16.2. The van der Waals surface area contributed by atoms with Crippen molar-refractivity contribution in [3.05, 3.63) is 48.2 Å². The molecule has 0 spiro atoms. The zero-order valence-electron chi connectivity index (χ0n) is 18.8. The molecule has 1 N–H and O–H groups in total. The van der Waals surface area contributed by atoms with Crippen molar-refractivity contribution in [3.63, 3.8) is 0 Å². The number of nitrogens with zero attached hydrogens (tertiary/aromatic N) is 5. The molecule has 2 amide bonds. The van der Waals surface area contributed by atoms with Gasteiger partial charge in [-0.25, -0.2) is 15.0 Å². The predicted molar refractivity (Wildman–Crippen MR) is 120 cm³/mol. The smallest absolute Gasteiger partial charge is 0.255 e. The summed E-state index contributed by atoms with van der Waals surface area (Å²) in [6.45, 7) is 3.30. The summed E-state index contributed by atoms with van der Waals surface area (Å²) >= 11 is 0. The molecule has 2 aromatic heterocycles. The number of hydrogen-bond donors (Lipinski definition) is 1. The van der Waals surface area contributed by atoms with Gasteiger partial charge in [0.1, 0.15) is 12.1 Å². The lowest BCUT2D eigenvalue weighted by molar-refractivity contribution is -0.146. The Morgan fingerprint density at radius 2 is 1.88 bits per heavy atom. The molecule has 1 atom stereocenters. The number of aromatic nitrogens is 3. The van der Waals surface area contributed by atoms with Crippen molar-refractivity contribution >= 4 is 17.6 Å². The third-order valence-corrected chi connectivity index (χ3v) is 7.53. The Bertz CT molecular complexity index is 1000. The van der Waals surface area contributed by atoms with Crippen LogP contribution in [0.25, 0.3) is 0 Å². The molecule has 2 saturated carbocycles. The highest BCUT2D eigenvalue weighted by Crippen LogP contribution is 2.47. The molecule has 2 aliphatic carbocycles. The fourth-order valence-corrected chi connectivity index (χ4v) is 4.93. The van der Waals surface area contributed by atoms with Crippen LogP contribution in [0.5, 0.6) is 0 Å². The van der Waals surface area contributed by atoms with E-state index >= 15 is 0 Å². The van der Waals surface area contributed by atoms with Crippen LogP contribution in [-0.4, -0.2) is 62.7 Å². The zero-order chi connectivity index (χ0) is 22.3. The molecule has 0 bridgehead atoms. The Morgan fingerprint density at radius 1 is 1.12 bits per heavy atom. The van der Waals surface area contributed by atoms with Crippen LogP contribution < -0.4 is 5.32 Å². The fourth-order valence-electron chi connectivity index (χ4n) is 4.93. The normalized spacial score (nSPS) is 22.7. The summed E-state index contributed by atoms with van der Waals surface area (Å²) in [5.41, 5.74) is 1.27. The van der Waals surface area contributed by atoms with E-state index in [0.29, 0.717) is 18.7 Å². The summed E-state index contributed by atoms with van der Waals surface area (Å²) in [4.78, 5) is 42.3. The topological polar surface area (TPSA) is 91.3 Å². The molecular weight excluding hydrogens is 404 g/mol. The maximum atomic E-state index is 13.0. The van der Waals surface area contributed by atoms with Crippen molar-refractivity contribution in [1.82, 2.24) is 24.8 Å². The summed E-state index contributed by atoms with van der Waals surface area (Å²) in [6, 6.07) is 3.77. The van der Waals surface area contributed by atoms with Gasteiger partial charge in [-0.1, -0.05) is 13.3 Å². The van der Waals surface area contributed by atoms with Crippen molar-refractivity contribution in [2.75, 3.05) is 25.5 Å². The molecule has 0 unspecified atom stereocenters. The predicted octanol–water partition coefficient (Wildman–Crippen LogP) is 2.84. The first-order chi connectivity index (χ1) is 15.4. The largest absolute Gasteiger partial charge is 0.360 e. The Labute approximate surface area is 188 Å². The standard InChI is InChI=1S/C24H30N6O2/c1-23(7-3-8-23)22(32)29(2)19-6-11-30(15-19)21(31)17-4-5-20(27-12-17)28-24(9-10-24)18-13-25-16-26-14-18/h4-5,12-14,16,19H,3,6-11,15H2,1-2H3,(H,27,28)/t19-/m0/s1. The van der Waals surface area contributed by atoms with Crippen molar-refractivity contribution in [3.8, 4) is 0 Å². The summed E-state index contributed by atoms with van der Waals surface area (Å²) in [5.74, 6) is 0.930. The number of nitrogens with one attached hydrogen (secondary N) is 1. The maximum absolute atomic E-state index is 13.0. The van der Waals surface area contributed by atoms with E-state index in [1.807, 2.05) is 41.4 Å². The maximum Gasteiger partial charge on any atom is 0.255 e. The highest BCUT2D eigenvalue weighted by Gasteiger charge is 2.45. The minimum Gasteiger partial charge on any atom is -0.360 e. The lowest BCUT2D eigenvalue weighted by Crippen LogP contribution is -2.49. The molecular formula is C24H30N6O2. The molecule has 1 saturated heterocycles. The van der Waals surface area contributed by atoms with Crippen LogP contribution in [0, 0.1) is 5.41 Å². The molecule has 0 radical (unpaired) electrons. The van der Waals surface area contributed by atoms with Crippen molar-refractivity contribution in [2.24, 2.45) is 5.41 Å². The first-order valence-electron chi connectivity index (χ1n) is 11.5. The van der Waals surface area contributed by atoms with Crippen LogP contribution in [0.1, 0.15) is 61.4 Å². The van der Waals surface area contributed by atoms with Crippen molar-refractivity contribution in [1.29, 1.82) is 0 Å². The van der Waals surface area contributed by atoms with Crippen molar-refractivity contribution in [2.45, 2.75) is 57.0 Å². The molecule has 3 heterocycles. The molecule has 8 nitrogen and oxygen atoms in total. The molecule has 3 aliphatic rings. The Morgan fingerprint density at radius 3 is 2.47 bits per heavy atom. The van der Waals surface area contributed by atoms with Gasteiger partial charge in [-0.15, -0.1) is 0 Å². The van der Waals surface area contributed by atoms with E-state index in [4.69, 9.17) is 0 Å². The zero-order valence-corrected chi connectivity index (χ0v) is 18.8. The second-order valence-corrected chi connectivity index (χ2v) is 9.79. The molecule has 3 fully saturated rings. The van der Waals surface area contributed by atoms with E-state index in [-0.39, 0.29) is 28.8 Å². The van der Waals surface area contributed by atoms with Crippen LogP contribution >= 0.6 is 0 Å². The quantitative estimate of drug-likeness (QED) is 0.752. The number of hydrogen-bond acceptors (Lipinski definition) is 6. The summed E-state index contributed by atoms with van der Waals surface area (Å²) in [7, 11) is 1.89. The lowest BCUT2D eigenvalue weighted by Gasteiger charge is -2.41. The number of carbonyl (C=O) groups excluding carboxylic acids is 2. The number of likely N-dealkylation sites (N-methyl/N-ethyl adjacent to an activating group) is 1. The summed E-state index contributed by atoms with van der Waals surface area (Å²) in [5, 5.41) is 3.48. The van der Waals surface area contributed by atoms with Crippen LogP contribution in [0.3, 0.4) is 0 Å². The van der Waals surface area contributed by atoms with Crippen LogP contribution in [0.2, 0.25) is 0 Å². The number of carbonyl (C=O) groups is 2. The molecule has 1 aliphatic heterocycles. The average Bonchev–Trinajstić information content (AvgIpc) is 3.42. The first kappa shape index (κ1) is 20.8. The third-order valence-electron chi connectivity index (χ3n) is 7.53. The third kappa shape index (κ3) is 3.72. The first-order valence-corrected chi connectivity index (χ1v) is 11.5. The Kier molecular flexibility index (Phi) is 5.10. The van der Waals surface area contributed by atoms with Gasteiger partial charge < -0.3 is 15.1 Å². The van der Waals surface area contributed by atoms with E-state index in [1.165, 1.54) is 6.33 Å². The number of rotatable bonds is 6. The van der Waals surface area contributed by atoms with Gasteiger partial charge in [-0.05, 0) is 44.2 Å². The van der Waals surface area contributed by atoms with E-state index in [1.54, 1.807) is 6.20 Å². The van der Waals surface area contributed by atoms with E-state index in [0.717, 1.165) is 49.9 Å². The highest BCUT2D eigenvalue weighted by molar-refractivity contribution is 5.94. The minimum atomic E-state index is -0.205. The van der Waals surface area contributed by atoms with E-state index in [2.05, 4.69) is 27.2 Å². The second-order valence-electron chi connectivity index (χ2n) is 9.79. The van der Waals surface area contributed by atoms with Gasteiger partial charge >= 0.3 is 0 Å². The number of likely N-dealkylation sites (tertiary alicyclic amines) is 1. The number of anilines is 1. The average molecular weight is 435 g/mol. The molecule has 0 aromatic carbocycles. The second kappa shape index (κ2) is 7.83. The van der Waals surface area contributed by atoms with E-state index in [9.17, 15) is 9.59 Å². The monoisotopic (exact) mass is 434 g/mol. The molecule has 5 rings (SSSR count). The molecule has 168 valence electrons. The van der Waals surface area contributed by atoms with Crippen LogP contribution in [0.15, 0.2) is 37.1 Å². The molecule has 8 heteroatoms. The van der Waals surface area contributed by atoms with Gasteiger partial charge in [0.15, 0.2) is 0 Å². The van der Waals surface area contributed by atoms with Gasteiger partial charge in [-0.3, -0.25) is 9.59 Å². The number of pyridine rings is 1. The molecule has 32 heavy (non-hydrogen) atoms. The fraction of sp³-hybridized carbons (Fsp3) is 0.542. The minimum absolute atomic E-state index is 0.0279. The lowest BCUT2D eigenvalue weighted by atomic mass is 9.69. The summed E-state index contributed by atoms with van der Waals surface area (Å²) in [6.07, 6.45) is 12.7. The van der Waals surface area contributed by atoms with Gasteiger partial charge in [0.25, 0.3) is 5.91 Å². The van der Waals surface area contributed by atoms with Crippen LogP contribution in [-0.2, 0) is 10.3 Å². The van der Waals surface area contributed by atoms with Crippen molar-refractivity contribution < 1.29 is 9.59 Å². The number of amides is 2. The SMILES string of the molecule is CN(C(=O)C1(C)CCC1)[C@H]1CCN(C(=O)c2ccc(NC3(c4cncnc4)CC3)nc2)C1. The van der Waals surface area contributed by atoms with Gasteiger partial charge in [0, 0.05) is 49.7 Å². The summed E-state index contributed by atoms with van der Waals surface area (Å²) < 4.78 is 0. The molecule has 2 aromatic rings.